The molecule has 0 saturated carbocycles. The minimum absolute atomic E-state index is 0.0717. The molecule has 1 unspecified atom stereocenters. The Morgan fingerprint density at radius 2 is 2.00 bits per heavy atom. The number of hydrogen-bond acceptors (Lipinski definition) is 4. The van der Waals surface area contributed by atoms with Gasteiger partial charge in [0.25, 0.3) is 0 Å². The summed E-state index contributed by atoms with van der Waals surface area (Å²) < 4.78 is 26.7. The van der Waals surface area contributed by atoms with E-state index in [1.807, 2.05) is 27.8 Å². The first-order chi connectivity index (χ1) is 11.4. The van der Waals surface area contributed by atoms with Crippen LogP contribution in [-0.2, 0) is 21.2 Å². The molecule has 7 heteroatoms. The molecule has 1 aliphatic rings. The highest BCUT2D eigenvalue weighted by molar-refractivity contribution is 7.89. The third kappa shape index (κ3) is 3.48. The van der Waals surface area contributed by atoms with Crippen LogP contribution in [0, 0.1) is 5.92 Å². The van der Waals surface area contributed by atoms with Crippen molar-refractivity contribution in [3.05, 3.63) is 23.8 Å². The van der Waals surface area contributed by atoms with Crippen molar-refractivity contribution in [3.63, 3.8) is 0 Å². The molecule has 1 aromatic carbocycles. The zero-order valence-electron chi connectivity index (χ0n) is 14.9. The van der Waals surface area contributed by atoms with Crippen molar-refractivity contribution in [2.45, 2.75) is 32.1 Å². The van der Waals surface area contributed by atoms with Gasteiger partial charge in [0.15, 0.2) is 0 Å². The first kappa shape index (κ1) is 18.9. The van der Waals surface area contributed by atoms with E-state index < -0.39 is 10.0 Å². The van der Waals surface area contributed by atoms with E-state index in [0.717, 1.165) is 11.3 Å². The molecule has 1 N–H and O–H groups in total. The third-order valence-electron chi connectivity index (χ3n) is 4.49. The van der Waals surface area contributed by atoms with Crippen molar-refractivity contribution in [2.24, 2.45) is 5.92 Å². The molecule has 0 aliphatic carbocycles. The van der Waals surface area contributed by atoms with Crippen LogP contribution in [0.15, 0.2) is 23.1 Å². The van der Waals surface area contributed by atoms with Crippen LogP contribution >= 0.6 is 0 Å². The van der Waals surface area contributed by atoms with E-state index in [4.69, 9.17) is 0 Å². The molecule has 2 rings (SSSR count). The lowest BCUT2D eigenvalue weighted by atomic mass is 10.1. The summed E-state index contributed by atoms with van der Waals surface area (Å²) in [5.74, 6) is -0.0394. The Kier molecular flexibility index (Phi) is 6.01. The number of nitrogens with zero attached hydrogens (tertiary/aromatic N) is 2. The van der Waals surface area contributed by atoms with Crippen LogP contribution in [0.2, 0.25) is 0 Å². The minimum Gasteiger partial charge on any atom is -0.319 e. The van der Waals surface area contributed by atoms with Crippen LogP contribution in [0.5, 0.6) is 0 Å². The number of fused-ring (bicyclic) bond motifs is 1. The van der Waals surface area contributed by atoms with Gasteiger partial charge in [0.05, 0.1) is 4.90 Å². The van der Waals surface area contributed by atoms with Gasteiger partial charge in [-0.15, -0.1) is 0 Å². The van der Waals surface area contributed by atoms with Gasteiger partial charge >= 0.3 is 0 Å². The molecule has 0 aromatic heterocycles. The fourth-order valence-electron chi connectivity index (χ4n) is 3.14. The summed E-state index contributed by atoms with van der Waals surface area (Å²) in [6, 6.07) is 5.10. The second-order valence-electron chi connectivity index (χ2n) is 6.08. The van der Waals surface area contributed by atoms with Gasteiger partial charge in [-0.25, -0.2) is 8.42 Å². The second kappa shape index (κ2) is 7.63. The van der Waals surface area contributed by atoms with E-state index in [1.54, 1.807) is 23.1 Å². The first-order valence-electron chi connectivity index (χ1n) is 8.45. The molecule has 1 aliphatic heterocycles. The van der Waals surface area contributed by atoms with Crippen LogP contribution in [0.25, 0.3) is 0 Å². The number of rotatable bonds is 7. The number of amides is 1. The smallest absolute Gasteiger partial charge is 0.243 e. The van der Waals surface area contributed by atoms with E-state index in [-0.39, 0.29) is 11.8 Å². The van der Waals surface area contributed by atoms with Gasteiger partial charge in [0.1, 0.15) is 0 Å². The maximum absolute atomic E-state index is 12.6. The van der Waals surface area contributed by atoms with Crippen molar-refractivity contribution >= 4 is 21.6 Å². The molecule has 0 bridgehead atoms. The summed E-state index contributed by atoms with van der Waals surface area (Å²) in [6.45, 7) is 7.69. The lowest BCUT2D eigenvalue weighted by Crippen LogP contribution is -2.37. The fraction of sp³-hybridized carbons (Fsp3) is 0.588. The topological polar surface area (TPSA) is 69.7 Å². The summed E-state index contributed by atoms with van der Waals surface area (Å²) >= 11 is 0. The highest BCUT2D eigenvalue weighted by Gasteiger charge is 2.30. The second-order valence-corrected chi connectivity index (χ2v) is 8.02. The fourth-order valence-corrected chi connectivity index (χ4v) is 4.65. The van der Waals surface area contributed by atoms with E-state index in [0.29, 0.717) is 37.5 Å². The highest BCUT2D eigenvalue weighted by Crippen LogP contribution is 2.32. The average Bonchev–Trinajstić information content (AvgIpc) is 2.98. The summed E-state index contributed by atoms with van der Waals surface area (Å²) in [4.78, 5) is 14.6. The maximum Gasteiger partial charge on any atom is 0.243 e. The van der Waals surface area contributed by atoms with Crippen LogP contribution < -0.4 is 10.2 Å². The Balaban J connectivity index is 2.30. The Morgan fingerprint density at radius 1 is 1.33 bits per heavy atom. The standard InChI is InChI=1S/C17H27N3O3S/c1-5-19(6-2)24(22,23)15-7-8-16-14(11-15)9-10-20(16)17(21)13(3)12-18-4/h7-8,11,13,18H,5-6,9-10,12H2,1-4H3. The summed E-state index contributed by atoms with van der Waals surface area (Å²) in [6.07, 6.45) is 0.689. The lowest BCUT2D eigenvalue weighted by molar-refractivity contribution is -0.121. The van der Waals surface area contributed by atoms with Gasteiger partial charge < -0.3 is 10.2 Å². The number of carbonyl (C=O) groups is 1. The largest absolute Gasteiger partial charge is 0.319 e. The predicted octanol–water partition coefficient (Wildman–Crippen LogP) is 1.46. The van der Waals surface area contributed by atoms with Gasteiger partial charge in [0.2, 0.25) is 15.9 Å². The molecule has 0 saturated heterocycles. The van der Waals surface area contributed by atoms with Crippen molar-refractivity contribution in [1.82, 2.24) is 9.62 Å². The number of carbonyl (C=O) groups excluding carboxylic acids is 1. The number of hydrogen-bond donors (Lipinski definition) is 1. The molecular formula is C17H27N3O3S. The SMILES string of the molecule is CCN(CC)S(=O)(=O)c1ccc2c(c1)CCN2C(=O)C(C)CNC. The van der Waals surface area contributed by atoms with Gasteiger partial charge in [-0.05, 0) is 37.2 Å². The van der Waals surface area contributed by atoms with Gasteiger partial charge in [0, 0.05) is 37.8 Å². The summed E-state index contributed by atoms with van der Waals surface area (Å²) in [5.41, 5.74) is 1.76. The Labute approximate surface area is 144 Å². The van der Waals surface area contributed by atoms with E-state index in [9.17, 15) is 13.2 Å². The number of benzene rings is 1. The van der Waals surface area contributed by atoms with E-state index in [2.05, 4.69) is 5.32 Å². The zero-order valence-corrected chi connectivity index (χ0v) is 15.7. The van der Waals surface area contributed by atoms with Crippen molar-refractivity contribution in [2.75, 3.05) is 38.1 Å². The molecule has 0 spiro atoms. The highest BCUT2D eigenvalue weighted by atomic mass is 32.2. The van der Waals surface area contributed by atoms with Crippen LogP contribution in [0.3, 0.4) is 0 Å². The summed E-state index contributed by atoms with van der Waals surface area (Å²) in [7, 11) is -1.64. The van der Waals surface area contributed by atoms with Gasteiger partial charge in [-0.3, -0.25) is 4.79 Å². The van der Waals surface area contributed by atoms with E-state index >= 15 is 0 Å². The molecule has 24 heavy (non-hydrogen) atoms. The van der Waals surface area contributed by atoms with Crippen LogP contribution in [0.1, 0.15) is 26.3 Å². The van der Waals surface area contributed by atoms with Crippen molar-refractivity contribution in [1.29, 1.82) is 0 Å². The molecule has 1 aromatic rings. The normalized spacial score (nSPS) is 15.6. The average molecular weight is 353 g/mol. The van der Waals surface area contributed by atoms with Crippen LogP contribution in [-0.4, -0.2) is 51.9 Å². The quantitative estimate of drug-likeness (QED) is 0.806. The molecule has 1 amide bonds. The maximum atomic E-state index is 12.6. The van der Waals surface area contributed by atoms with Crippen LogP contribution in [0.4, 0.5) is 5.69 Å². The zero-order chi connectivity index (χ0) is 17.9. The molecular weight excluding hydrogens is 326 g/mol. The molecule has 134 valence electrons. The number of nitrogens with one attached hydrogen (secondary N) is 1. The lowest BCUT2D eigenvalue weighted by Gasteiger charge is -2.22. The van der Waals surface area contributed by atoms with Crippen molar-refractivity contribution in [3.8, 4) is 0 Å². The molecule has 0 radical (unpaired) electrons. The van der Waals surface area contributed by atoms with Crippen molar-refractivity contribution < 1.29 is 13.2 Å². The monoisotopic (exact) mass is 353 g/mol. The van der Waals surface area contributed by atoms with Gasteiger partial charge in [-0.1, -0.05) is 20.8 Å². The Hall–Kier alpha value is -1.44. The summed E-state index contributed by atoms with van der Waals surface area (Å²) in [5, 5.41) is 3.02. The Bertz CT molecular complexity index is 699. The molecule has 0 fully saturated rings. The number of sulfonamides is 1. The first-order valence-corrected chi connectivity index (χ1v) is 9.89. The molecule has 1 heterocycles. The van der Waals surface area contributed by atoms with E-state index in [1.165, 1.54) is 4.31 Å². The number of anilines is 1. The molecule has 1 atom stereocenters. The third-order valence-corrected chi connectivity index (χ3v) is 6.53. The predicted molar refractivity (Wildman–Crippen MR) is 95.7 cm³/mol. The molecule has 6 nitrogen and oxygen atoms in total. The van der Waals surface area contributed by atoms with Gasteiger partial charge in [-0.2, -0.15) is 4.31 Å². The Morgan fingerprint density at radius 3 is 2.58 bits per heavy atom. The minimum atomic E-state index is -3.47.